The lowest BCUT2D eigenvalue weighted by molar-refractivity contribution is -0.154. The predicted molar refractivity (Wildman–Crippen MR) is 110 cm³/mol. The summed E-state index contributed by atoms with van der Waals surface area (Å²) in [7, 11) is 0. The number of hydrogen-bond acceptors (Lipinski definition) is 6. The van der Waals surface area contributed by atoms with Gasteiger partial charge in [0.05, 0.1) is 18.8 Å². The molecule has 0 heterocycles. The Morgan fingerprint density at radius 3 is 2.07 bits per heavy atom. The third-order valence-electron chi connectivity index (χ3n) is 5.15. The van der Waals surface area contributed by atoms with Crippen molar-refractivity contribution in [3.8, 4) is 0 Å². The van der Waals surface area contributed by atoms with E-state index in [1.54, 1.807) is 6.08 Å². The second kappa shape index (κ2) is 15.9. The predicted octanol–water partition coefficient (Wildman–Crippen LogP) is 2.10. The smallest absolute Gasteiger partial charge is 0.328 e. The van der Waals surface area contributed by atoms with Crippen LogP contribution in [0.3, 0.4) is 0 Å². The molecule has 28 heavy (non-hydrogen) atoms. The van der Waals surface area contributed by atoms with E-state index in [-0.39, 0.29) is 12.5 Å². The normalized spacial score (nSPS) is 17.4. The van der Waals surface area contributed by atoms with E-state index in [4.69, 9.17) is 15.9 Å². The Morgan fingerprint density at radius 1 is 0.964 bits per heavy atom. The minimum atomic E-state index is -2.27. The highest BCUT2D eigenvalue weighted by Gasteiger charge is 2.44. The Labute approximate surface area is 169 Å². The van der Waals surface area contributed by atoms with E-state index in [0.29, 0.717) is 0 Å². The molecule has 0 aliphatic carbocycles. The summed E-state index contributed by atoms with van der Waals surface area (Å²) in [4.78, 5) is 11.0. The summed E-state index contributed by atoms with van der Waals surface area (Å²) >= 11 is 0. The Bertz CT molecular complexity index is 431. The van der Waals surface area contributed by atoms with Gasteiger partial charge in [-0.15, -0.1) is 0 Å². The molecule has 7 N–H and O–H groups in total. The number of rotatable bonds is 18. The van der Waals surface area contributed by atoms with Crippen LogP contribution in [0, 0.1) is 0 Å². The van der Waals surface area contributed by atoms with Gasteiger partial charge in [-0.2, -0.15) is 0 Å². The first-order valence-corrected chi connectivity index (χ1v) is 10.6. The maximum Gasteiger partial charge on any atom is 0.328 e. The first kappa shape index (κ1) is 27.0. The van der Waals surface area contributed by atoms with Crippen LogP contribution < -0.4 is 5.73 Å². The quantitative estimate of drug-likeness (QED) is 0.152. The molecule has 0 aromatic heterocycles. The average Bonchev–Trinajstić information content (AvgIpc) is 2.68. The molecule has 0 fully saturated rings. The summed E-state index contributed by atoms with van der Waals surface area (Å²) in [5.74, 6) is -1.56. The minimum Gasteiger partial charge on any atom is -0.480 e. The number of allylic oxidation sites excluding steroid dienone is 1. The lowest BCUT2D eigenvalue weighted by Crippen LogP contribution is -2.63. The van der Waals surface area contributed by atoms with Gasteiger partial charge in [-0.25, -0.2) is 0 Å². The molecule has 0 bridgehead atoms. The molecule has 0 aromatic carbocycles. The highest BCUT2D eigenvalue weighted by atomic mass is 16.4. The Balaban J connectivity index is 3.79. The molecule has 0 aliphatic heterocycles. The van der Waals surface area contributed by atoms with Crippen molar-refractivity contribution in [1.29, 1.82) is 0 Å². The summed E-state index contributed by atoms with van der Waals surface area (Å²) in [6.07, 6.45) is 11.9. The maximum atomic E-state index is 11.0. The highest BCUT2D eigenvalue weighted by Crippen LogP contribution is 2.15. The number of aliphatic carboxylic acids is 1. The van der Waals surface area contributed by atoms with Gasteiger partial charge in [0.2, 0.25) is 0 Å². The second-order valence-electron chi connectivity index (χ2n) is 7.72. The van der Waals surface area contributed by atoms with E-state index in [9.17, 15) is 20.1 Å². The molecule has 166 valence electrons. The third kappa shape index (κ3) is 11.1. The van der Waals surface area contributed by atoms with Crippen molar-refractivity contribution >= 4 is 5.97 Å². The van der Waals surface area contributed by atoms with Crippen molar-refractivity contribution < 1.29 is 30.3 Å². The molecule has 7 heteroatoms. The monoisotopic (exact) mass is 403 g/mol. The Hall–Kier alpha value is -0.990. The summed E-state index contributed by atoms with van der Waals surface area (Å²) < 4.78 is 0. The summed E-state index contributed by atoms with van der Waals surface area (Å²) in [6.45, 7) is 1.22. The molecule has 0 aromatic rings. The summed E-state index contributed by atoms with van der Waals surface area (Å²) in [6, 6.07) is 0. The molecule has 0 amide bonds. The molecule has 0 radical (unpaired) electrons. The lowest BCUT2D eigenvalue weighted by Gasteiger charge is -2.30. The molecule has 0 rings (SSSR count). The first-order valence-electron chi connectivity index (χ1n) is 10.6. The number of aliphatic hydroxyl groups excluding tert-OH is 4. The number of carbonyl (C=O) groups is 1. The van der Waals surface area contributed by atoms with Crippen molar-refractivity contribution in [2.45, 2.75) is 108 Å². The topological polar surface area (TPSA) is 144 Å². The van der Waals surface area contributed by atoms with Crippen LogP contribution in [-0.2, 0) is 4.79 Å². The van der Waals surface area contributed by atoms with Gasteiger partial charge < -0.3 is 31.3 Å². The van der Waals surface area contributed by atoms with Gasteiger partial charge in [0.1, 0.15) is 6.10 Å². The van der Waals surface area contributed by atoms with E-state index in [2.05, 4.69) is 6.92 Å². The molecule has 0 saturated carbocycles. The molecular weight excluding hydrogens is 362 g/mol. The zero-order chi connectivity index (χ0) is 21.4. The van der Waals surface area contributed by atoms with Gasteiger partial charge in [-0.05, 0) is 32.1 Å². The Kier molecular flexibility index (Phi) is 15.3. The second-order valence-corrected chi connectivity index (χ2v) is 7.72. The van der Waals surface area contributed by atoms with E-state index in [0.717, 1.165) is 51.4 Å². The third-order valence-corrected chi connectivity index (χ3v) is 5.15. The number of nitrogens with two attached hydrogens (primary N) is 1. The zero-order valence-electron chi connectivity index (χ0n) is 17.3. The van der Waals surface area contributed by atoms with Crippen LogP contribution in [0.5, 0.6) is 0 Å². The van der Waals surface area contributed by atoms with Gasteiger partial charge in [-0.1, -0.05) is 64.0 Å². The van der Waals surface area contributed by atoms with Gasteiger partial charge in [0.15, 0.2) is 5.54 Å². The van der Waals surface area contributed by atoms with Crippen LogP contribution >= 0.6 is 0 Å². The highest BCUT2D eigenvalue weighted by molar-refractivity contribution is 5.79. The average molecular weight is 404 g/mol. The van der Waals surface area contributed by atoms with Crippen molar-refractivity contribution in [2.24, 2.45) is 5.73 Å². The summed E-state index contributed by atoms with van der Waals surface area (Å²) in [5, 5.41) is 47.7. The molecule has 1 unspecified atom stereocenters. The fraction of sp³-hybridized carbons (Fsp3) is 0.857. The number of unbranched alkanes of at least 4 members (excludes halogenated alkanes) is 7. The fourth-order valence-electron chi connectivity index (χ4n) is 3.06. The van der Waals surface area contributed by atoms with E-state index in [1.807, 2.05) is 6.08 Å². The number of carboxylic acid groups (broad SMARTS) is 1. The molecular formula is C21H41NO6. The van der Waals surface area contributed by atoms with Crippen LogP contribution in [0.2, 0.25) is 0 Å². The lowest BCUT2D eigenvalue weighted by atomic mass is 9.89. The molecule has 4 atom stereocenters. The van der Waals surface area contributed by atoms with Gasteiger partial charge >= 0.3 is 5.97 Å². The van der Waals surface area contributed by atoms with Gasteiger partial charge in [0, 0.05) is 0 Å². The molecule has 0 aliphatic rings. The molecule has 0 saturated heterocycles. The van der Waals surface area contributed by atoms with Gasteiger partial charge in [0.25, 0.3) is 0 Å². The minimum absolute atomic E-state index is 0.0671. The Morgan fingerprint density at radius 2 is 1.54 bits per heavy atom. The van der Waals surface area contributed by atoms with Crippen molar-refractivity contribution in [3.05, 3.63) is 12.2 Å². The standard InChI is InChI=1S/C21H41NO6/c1-2-3-4-10-13-17(24)14-11-8-6-5-7-9-12-15-18(25)19(26)21(22,16-23)20(27)28/h9,12,17-19,23-26H,2-8,10-11,13-16,22H2,1H3,(H,27,28)/b12-9+/t17?,18-,19+,21+/m1/s1. The maximum absolute atomic E-state index is 11.0. The largest absolute Gasteiger partial charge is 0.480 e. The van der Waals surface area contributed by atoms with Crippen LogP contribution in [0.4, 0.5) is 0 Å². The van der Waals surface area contributed by atoms with Crippen LogP contribution in [0.15, 0.2) is 12.2 Å². The van der Waals surface area contributed by atoms with Crippen LogP contribution in [0.25, 0.3) is 0 Å². The number of aliphatic hydroxyl groups is 4. The van der Waals surface area contributed by atoms with Crippen molar-refractivity contribution in [1.82, 2.24) is 0 Å². The molecule has 7 nitrogen and oxygen atoms in total. The van der Waals surface area contributed by atoms with Crippen molar-refractivity contribution in [2.75, 3.05) is 6.61 Å². The van der Waals surface area contributed by atoms with E-state index < -0.39 is 30.3 Å². The van der Waals surface area contributed by atoms with Crippen molar-refractivity contribution in [3.63, 3.8) is 0 Å². The molecule has 0 spiro atoms. The number of hydrogen-bond donors (Lipinski definition) is 6. The fourth-order valence-corrected chi connectivity index (χ4v) is 3.06. The van der Waals surface area contributed by atoms with Gasteiger partial charge in [-0.3, -0.25) is 4.79 Å². The van der Waals surface area contributed by atoms with Crippen LogP contribution in [-0.4, -0.2) is 62.0 Å². The van der Waals surface area contributed by atoms with Crippen LogP contribution in [0.1, 0.15) is 84.0 Å². The zero-order valence-corrected chi connectivity index (χ0v) is 17.3. The SMILES string of the molecule is CCCCCCC(O)CCCCCC/C=C/C[C@@H](O)[C@H](O)[C@@](N)(CO)C(=O)O. The summed E-state index contributed by atoms with van der Waals surface area (Å²) in [5.41, 5.74) is 3.17. The van der Waals surface area contributed by atoms with E-state index in [1.165, 1.54) is 19.3 Å². The first-order chi connectivity index (χ1) is 13.3. The van der Waals surface area contributed by atoms with E-state index >= 15 is 0 Å². The number of carboxylic acids is 1.